The van der Waals surface area contributed by atoms with Crippen LogP contribution in [0.15, 0.2) is 72.2 Å². The van der Waals surface area contributed by atoms with E-state index in [-0.39, 0.29) is 5.78 Å². The van der Waals surface area contributed by atoms with Crippen molar-refractivity contribution in [1.82, 2.24) is 4.57 Å². The van der Waals surface area contributed by atoms with E-state index < -0.39 is 0 Å². The molecule has 0 amide bonds. The molecule has 136 valence electrons. The summed E-state index contributed by atoms with van der Waals surface area (Å²) in [5.41, 5.74) is 3.09. The number of fused-ring (bicyclic) bond motifs is 1. The normalized spacial score (nSPS) is 11.0. The number of aromatic nitrogens is 1. The number of hydrogen-bond acceptors (Lipinski definition) is 3. The lowest BCUT2D eigenvalue weighted by Gasteiger charge is -2.08. The van der Waals surface area contributed by atoms with Gasteiger partial charge < -0.3 is 9.30 Å². The second kappa shape index (κ2) is 7.80. The first-order valence-electron chi connectivity index (χ1n) is 9.08. The van der Waals surface area contributed by atoms with Crippen molar-refractivity contribution in [3.63, 3.8) is 0 Å². The standard InChI is InChI=1S/C23H21NO2S/c1-17-9-11-18(12-10-17)26-14-5-13-24-16-20(19-6-2-3-7-21(19)24)23(25)22-8-4-15-27-22/h2-4,6-12,15-16H,5,13-14H2,1H3. The van der Waals surface area contributed by atoms with E-state index in [2.05, 4.69) is 29.7 Å². The van der Waals surface area contributed by atoms with Gasteiger partial charge in [-0.25, -0.2) is 0 Å². The molecule has 0 N–H and O–H groups in total. The van der Waals surface area contributed by atoms with Crippen molar-refractivity contribution in [3.05, 3.63) is 88.2 Å². The second-order valence-corrected chi connectivity index (χ2v) is 7.52. The van der Waals surface area contributed by atoms with Crippen molar-refractivity contribution in [1.29, 1.82) is 0 Å². The number of para-hydroxylation sites is 1. The zero-order chi connectivity index (χ0) is 18.6. The molecule has 0 fully saturated rings. The average molecular weight is 375 g/mol. The van der Waals surface area contributed by atoms with Gasteiger partial charge >= 0.3 is 0 Å². The fraction of sp³-hybridized carbons (Fsp3) is 0.174. The van der Waals surface area contributed by atoms with Gasteiger partial charge in [0.25, 0.3) is 0 Å². The van der Waals surface area contributed by atoms with E-state index in [0.717, 1.165) is 40.1 Å². The molecule has 0 aliphatic heterocycles. The van der Waals surface area contributed by atoms with Crippen molar-refractivity contribution < 1.29 is 9.53 Å². The number of nitrogens with zero attached hydrogens (tertiary/aromatic N) is 1. The number of ketones is 1. The predicted molar refractivity (Wildman–Crippen MR) is 111 cm³/mol. The Kier molecular flexibility index (Phi) is 5.07. The molecule has 0 bridgehead atoms. The van der Waals surface area contributed by atoms with Gasteiger partial charge in [-0.05, 0) is 43.0 Å². The van der Waals surface area contributed by atoms with Crippen LogP contribution in [0.5, 0.6) is 5.75 Å². The van der Waals surface area contributed by atoms with Crippen LogP contribution in [0.2, 0.25) is 0 Å². The smallest absolute Gasteiger partial charge is 0.205 e. The lowest BCUT2D eigenvalue weighted by molar-refractivity contribution is 0.104. The summed E-state index contributed by atoms with van der Waals surface area (Å²) in [5.74, 6) is 0.988. The van der Waals surface area contributed by atoms with Crippen LogP contribution in [-0.2, 0) is 6.54 Å². The Morgan fingerprint density at radius 1 is 1.04 bits per heavy atom. The van der Waals surface area contributed by atoms with Crippen LogP contribution in [0.3, 0.4) is 0 Å². The first-order valence-corrected chi connectivity index (χ1v) is 9.96. The molecule has 0 unspecified atom stereocenters. The molecule has 0 aliphatic rings. The summed E-state index contributed by atoms with van der Waals surface area (Å²) in [6.07, 6.45) is 2.86. The van der Waals surface area contributed by atoms with Gasteiger partial charge in [0, 0.05) is 29.2 Å². The fourth-order valence-corrected chi connectivity index (χ4v) is 3.89. The van der Waals surface area contributed by atoms with Crippen LogP contribution >= 0.6 is 11.3 Å². The van der Waals surface area contributed by atoms with Crippen LogP contribution in [0, 0.1) is 6.92 Å². The Labute approximate surface area is 162 Å². The van der Waals surface area contributed by atoms with Crippen molar-refractivity contribution in [2.24, 2.45) is 0 Å². The molecule has 2 heterocycles. The minimum absolute atomic E-state index is 0.0934. The Morgan fingerprint density at radius 2 is 1.85 bits per heavy atom. The monoisotopic (exact) mass is 375 g/mol. The maximum Gasteiger partial charge on any atom is 0.205 e. The molecule has 0 saturated carbocycles. The molecule has 4 rings (SSSR count). The van der Waals surface area contributed by atoms with Gasteiger partial charge in [0.1, 0.15) is 5.75 Å². The van der Waals surface area contributed by atoms with Crippen molar-refractivity contribution in [2.75, 3.05) is 6.61 Å². The molecule has 0 atom stereocenters. The van der Waals surface area contributed by atoms with E-state index in [1.807, 2.05) is 54.0 Å². The van der Waals surface area contributed by atoms with Crippen molar-refractivity contribution in [2.45, 2.75) is 19.9 Å². The van der Waals surface area contributed by atoms with E-state index in [1.165, 1.54) is 16.9 Å². The minimum Gasteiger partial charge on any atom is -0.494 e. The molecule has 0 spiro atoms. The maximum absolute atomic E-state index is 12.8. The van der Waals surface area contributed by atoms with Crippen molar-refractivity contribution in [3.8, 4) is 5.75 Å². The van der Waals surface area contributed by atoms with E-state index in [1.54, 1.807) is 0 Å². The van der Waals surface area contributed by atoms with Gasteiger partial charge in [-0.15, -0.1) is 11.3 Å². The van der Waals surface area contributed by atoms with Crippen molar-refractivity contribution >= 4 is 28.0 Å². The Bertz CT molecular complexity index is 1050. The molecule has 2 aromatic carbocycles. The molecule has 2 aromatic heterocycles. The second-order valence-electron chi connectivity index (χ2n) is 6.57. The Balaban J connectivity index is 1.48. The molecular formula is C23H21NO2S. The third-order valence-electron chi connectivity index (χ3n) is 4.61. The van der Waals surface area contributed by atoms with Gasteiger partial charge in [0.05, 0.1) is 11.5 Å². The third kappa shape index (κ3) is 3.81. The summed E-state index contributed by atoms with van der Waals surface area (Å²) in [6, 6.07) is 20.0. The van der Waals surface area contributed by atoms with Gasteiger partial charge in [0.15, 0.2) is 0 Å². The molecule has 0 radical (unpaired) electrons. The SMILES string of the molecule is Cc1ccc(OCCCn2cc(C(=O)c3cccs3)c3ccccc32)cc1. The molecule has 3 nitrogen and oxygen atoms in total. The molecular weight excluding hydrogens is 354 g/mol. The van der Waals surface area contributed by atoms with Crippen LogP contribution in [0.1, 0.15) is 27.2 Å². The van der Waals surface area contributed by atoms with E-state index in [4.69, 9.17) is 4.74 Å². The minimum atomic E-state index is 0.0934. The number of ether oxygens (including phenoxy) is 1. The molecule has 27 heavy (non-hydrogen) atoms. The highest BCUT2D eigenvalue weighted by Crippen LogP contribution is 2.25. The first kappa shape index (κ1) is 17.6. The number of carbonyl (C=O) groups excluding carboxylic acids is 1. The number of benzene rings is 2. The summed E-state index contributed by atoms with van der Waals surface area (Å²) in [7, 11) is 0. The zero-order valence-corrected chi connectivity index (χ0v) is 16.0. The topological polar surface area (TPSA) is 31.2 Å². The molecule has 0 saturated heterocycles. The maximum atomic E-state index is 12.8. The zero-order valence-electron chi connectivity index (χ0n) is 15.2. The number of hydrogen-bond donors (Lipinski definition) is 0. The largest absolute Gasteiger partial charge is 0.494 e. The number of carbonyl (C=O) groups is 1. The summed E-state index contributed by atoms with van der Waals surface area (Å²) < 4.78 is 7.99. The fourth-order valence-electron chi connectivity index (χ4n) is 3.21. The first-order chi connectivity index (χ1) is 13.2. The quantitative estimate of drug-likeness (QED) is 0.306. The predicted octanol–water partition coefficient (Wildman–Crippen LogP) is 5.71. The number of thiophene rings is 1. The Morgan fingerprint density at radius 3 is 2.63 bits per heavy atom. The lowest BCUT2D eigenvalue weighted by atomic mass is 10.1. The van der Waals surface area contributed by atoms with E-state index in [9.17, 15) is 4.79 Å². The summed E-state index contributed by atoms with van der Waals surface area (Å²) >= 11 is 1.48. The highest BCUT2D eigenvalue weighted by atomic mass is 32.1. The van der Waals surface area contributed by atoms with E-state index >= 15 is 0 Å². The summed E-state index contributed by atoms with van der Waals surface area (Å²) in [4.78, 5) is 13.6. The Hall–Kier alpha value is -2.85. The van der Waals surface area contributed by atoms with Crippen LogP contribution in [0.25, 0.3) is 10.9 Å². The molecule has 4 heteroatoms. The van der Waals surface area contributed by atoms with Gasteiger partial charge in [-0.3, -0.25) is 4.79 Å². The van der Waals surface area contributed by atoms with Gasteiger partial charge in [-0.1, -0.05) is 42.0 Å². The summed E-state index contributed by atoms with van der Waals surface area (Å²) in [6.45, 7) is 3.52. The third-order valence-corrected chi connectivity index (χ3v) is 5.48. The van der Waals surface area contributed by atoms with Crippen LogP contribution < -0.4 is 4.74 Å². The average Bonchev–Trinajstić information content (AvgIpc) is 3.35. The number of aryl methyl sites for hydroxylation is 2. The lowest BCUT2D eigenvalue weighted by Crippen LogP contribution is -2.04. The van der Waals surface area contributed by atoms with Gasteiger partial charge in [0.2, 0.25) is 5.78 Å². The van der Waals surface area contributed by atoms with Crippen LogP contribution in [-0.4, -0.2) is 17.0 Å². The molecule has 0 aliphatic carbocycles. The number of rotatable bonds is 7. The highest BCUT2D eigenvalue weighted by Gasteiger charge is 2.17. The van der Waals surface area contributed by atoms with Gasteiger partial charge in [-0.2, -0.15) is 0 Å². The van der Waals surface area contributed by atoms with E-state index in [0.29, 0.717) is 6.61 Å². The highest BCUT2D eigenvalue weighted by molar-refractivity contribution is 7.12. The van der Waals surface area contributed by atoms with Crippen LogP contribution in [0.4, 0.5) is 0 Å². The molecule has 4 aromatic rings. The summed E-state index contributed by atoms with van der Waals surface area (Å²) in [5, 5.41) is 2.95.